The summed E-state index contributed by atoms with van der Waals surface area (Å²) >= 11 is 1.87. The highest BCUT2D eigenvalue weighted by molar-refractivity contribution is 8.00. The molecule has 2 aromatic rings. The number of hydrogen-bond donors (Lipinski definition) is 9. The number of amides is 4. The fourth-order valence-corrected chi connectivity index (χ4v) is 11.6. The maximum absolute atomic E-state index is 14.0. The lowest BCUT2D eigenvalue weighted by Crippen LogP contribution is -2.53. The van der Waals surface area contributed by atoms with Gasteiger partial charge in [-0.25, -0.2) is 4.79 Å². The SMILES string of the molecule is COc1cccc2c1C(=O)c1c(O)c3c(c(O)c1C2=O)C[C@@](O)(C(=O)COC(=O)CCCC(=O)NCCOCCOCCOCCOCCNC(=O)CCCC[C@@H]1SC[C@@H]2NC(=O)N[C@@H]21)C[C@@H]3O[C@H]1C[C@H](N)[C@H](O)[C@H](C)O1. The molecule has 7 rings (SSSR count). The van der Waals surface area contributed by atoms with Crippen LogP contribution in [0.15, 0.2) is 18.2 Å². The van der Waals surface area contributed by atoms with E-state index in [2.05, 4.69) is 21.3 Å². The summed E-state index contributed by atoms with van der Waals surface area (Å²) in [6.07, 6.45) is -2.86. The average Bonchev–Trinajstić information content (AvgIpc) is 4.05. The fraction of sp³-hybridized carbons (Fsp3) is 0.635. The van der Waals surface area contributed by atoms with Crippen molar-refractivity contribution in [2.45, 2.75) is 125 Å². The number of urea groups is 1. The Morgan fingerprint density at radius 1 is 0.831 bits per heavy atom. The number of carbonyl (C=O) groups excluding carboxylic acids is 7. The predicted molar refractivity (Wildman–Crippen MR) is 273 cm³/mol. The number of esters is 1. The minimum absolute atomic E-state index is 0.00899. The molecule has 0 aromatic heterocycles. The standard InChI is InChI=1S/C52H71N5O19S/c1-28-46(62)31(53)23-40(75-28)76-34-25-52(68,24-30-42(34)50(66)44-43(48(30)64)47(63)29-7-5-8-33(69-2)41(29)49(44)65)36(58)26-74-39(61)12-6-11-38(60)55-14-16-71-18-20-73-22-21-72-19-17-70-15-13-54-37(59)10-4-3-9-35-45-32(27-77-35)56-51(67)57-45/h5,7-8,28,31-32,34-35,40,45-46,62,64,66,68H,3-4,6,9-27,53H2,1-2H3,(H,54,59)(H,55,60)(H2,56,57,67)/t28-,31-,32-,34-,35-,40-,45-,46+,52-/m0/s1. The fourth-order valence-electron chi connectivity index (χ4n) is 10.1. The van der Waals surface area contributed by atoms with Crippen LogP contribution >= 0.6 is 11.8 Å². The quantitative estimate of drug-likeness (QED) is 0.0192. The van der Waals surface area contributed by atoms with Gasteiger partial charge < -0.3 is 85.3 Å². The number of phenols is 2. The molecule has 424 valence electrons. The normalized spacial score (nSPS) is 25.2. The Balaban J connectivity index is 0.740. The van der Waals surface area contributed by atoms with Crippen molar-refractivity contribution in [3.05, 3.63) is 51.6 Å². The summed E-state index contributed by atoms with van der Waals surface area (Å²) in [5.74, 6) is -4.36. The molecule has 9 atom stereocenters. The second-order valence-electron chi connectivity index (χ2n) is 19.5. The minimum Gasteiger partial charge on any atom is -0.507 e. The van der Waals surface area contributed by atoms with E-state index in [9.17, 15) is 54.0 Å². The van der Waals surface area contributed by atoms with E-state index in [1.165, 1.54) is 25.3 Å². The maximum Gasteiger partial charge on any atom is 0.315 e. The highest BCUT2D eigenvalue weighted by Crippen LogP contribution is 2.52. The molecule has 2 aliphatic carbocycles. The van der Waals surface area contributed by atoms with Crippen LogP contribution in [0.4, 0.5) is 4.79 Å². The molecule has 3 saturated heterocycles. The first-order valence-electron chi connectivity index (χ1n) is 26.1. The number of methoxy groups -OCH3 is 1. The van der Waals surface area contributed by atoms with Crippen molar-refractivity contribution in [3.63, 3.8) is 0 Å². The third kappa shape index (κ3) is 15.0. The lowest BCUT2D eigenvalue weighted by Gasteiger charge is -2.42. The second kappa shape index (κ2) is 27.9. The van der Waals surface area contributed by atoms with Gasteiger partial charge in [0, 0.05) is 85.3 Å². The molecule has 25 heteroatoms. The highest BCUT2D eigenvalue weighted by Gasteiger charge is 2.51. The minimum atomic E-state index is -2.41. The van der Waals surface area contributed by atoms with E-state index in [1.54, 1.807) is 6.92 Å². The number of ether oxygens (including phenoxy) is 8. The van der Waals surface area contributed by atoms with Gasteiger partial charge in [0.2, 0.25) is 23.4 Å². The zero-order valence-electron chi connectivity index (χ0n) is 43.3. The van der Waals surface area contributed by atoms with Crippen molar-refractivity contribution in [1.82, 2.24) is 21.3 Å². The molecule has 2 aromatic carbocycles. The van der Waals surface area contributed by atoms with Gasteiger partial charge in [0.25, 0.3) is 0 Å². The first kappa shape index (κ1) is 59.2. The molecule has 24 nitrogen and oxygen atoms in total. The molecular weight excluding hydrogens is 1030 g/mol. The monoisotopic (exact) mass is 1100 g/mol. The summed E-state index contributed by atoms with van der Waals surface area (Å²) in [5.41, 5.74) is 1.96. The summed E-state index contributed by atoms with van der Waals surface area (Å²) in [5, 5.41) is 57.8. The van der Waals surface area contributed by atoms with Crippen molar-refractivity contribution in [1.29, 1.82) is 0 Å². The molecule has 77 heavy (non-hydrogen) atoms. The molecule has 3 heterocycles. The third-order valence-corrected chi connectivity index (χ3v) is 15.7. The van der Waals surface area contributed by atoms with Gasteiger partial charge in [0.05, 0.1) is 107 Å². The van der Waals surface area contributed by atoms with E-state index in [0.29, 0.717) is 57.9 Å². The largest absolute Gasteiger partial charge is 0.507 e. The Morgan fingerprint density at radius 3 is 2.12 bits per heavy atom. The Bertz CT molecular complexity index is 2450. The zero-order chi connectivity index (χ0) is 55.2. The number of rotatable bonds is 30. The van der Waals surface area contributed by atoms with Crippen LogP contribution in [0.25, 0.3) is 0 Å². The summed E-state index contributed by atoms with van der Waals surface area (Å²) < 4.78 is 44.5. The number of aromatic hydroxyl groups is 2. The van der Waals surface area contributed by atoms with Gasteiger partial charge >= 0.3 is 12.0 Å². The van der Waals surface area contributed by atoms with E-state index in [4.69, 9.17) is 43.6 Å². The smallest absolute Gasteiger partial charge is 0.315 e. The molecule has 5 aliphatic rings. The number of unbranched alkanes of at least 4 members (excludes halogenated alkanes) is 1. The number of benzene rings is 2. The first-order chi connectivity index (χ1) is 37.0. The number of nitrogens with two attached hydrogens (primary N) is 1. The van der Waals surface area contributed by atoms with E-state index in [1.807, 2.05) is 11.8 Å². The van der Waals surface area contributed by atoms with Gasteiger partial charge in [0.1, 0.15) is 22.8 Å². The van der Waals surface area contributed by atoms with Crippen molar-refractivity contribution in [2.75, 3.05) is 85.4 Å². The molecular formula is C52H71N5O19S. The van der Waals surface area contributed by atoms with Crippen LogP contribution in [0.2, 0.25) is 0 Å². The van der Waals surface area contributed by atoms with Crippen molar-refractivity contribution in [2.24, 2.45) is 5.73 Å². The van der Waals surface area contributed by atoms with Crippen LogP contribution in [0.5, 0.6) is 17.2 Å². The van der Waals surface area contributed by atoms with Gasteiger partial charge in [0.15, 0.2) is 18.7 Å². The molecule has 0 bridgehead atoms. The van der Waals surface area contributed by atoms with E-state index in [-0.39, 0.29) is 103 Å². The van der Waals surface area contributed by atoms with Gasteiger partial charge in [-0.15, -0.1) is 0 Å². The Morgan fingerprint density at radius 2 is 1.47 bits per heavy atom. The van der Waals surface area contributed by atoms with Crippen LogP contribution < -0.4 is 31.7 Å². The molecule has 0 radical (unpaired) electrons. The van der Waals surface area contributed by atoms with Gasteiger partial charge in [-0.1, -0.05) is 18.6 Å². The van der Waals surface area contributed by atoms with E-state index >= 15 is 0 Å². The van der Waals surface area contributed by atoms with Crippen LogP contribution in [-0.2, 0) is 58.8 Å². The van der Waals surface area contributed by atoms with Crippen LogP contribution in [0.3, 0.4) is 0 Å². The summed E-state index contributed by atoms with van der Waals surface area (Å²) in [6.45, 7) is 3.91. The van der Waals surface area contributed by atoms with Crippen LogP contribution in [0, 0.1) is 0 Å². The molecule has 0 unspecified atom stereocenters. The predicted octanol–water partition coefficient (Wildman–Crippen LogP) is 0.747. The number of thioether (sulfide) groups is 1. The first-order valence-corrected chi connectivity index (χ1v) is 27.1. The number of nitrogens with one attached hydrogen (secondary N) is 4. The average molecular weight is 1100 g/mol. The molecule has 3 aliphatic heterocycles. The lowest BCUT2D eigenvalue weighted by atomic mass is 9.72. The van der Waals surface area contributed by atoms with Gasteiger partial charge in [-0.3, -0.25) is 28.8 Å². The third-order valence-electron chi connectivity index (χ3n) is 14.1. The summed E-state index contributed by atoms with van der Waals surface area (Å²) in [4.78, 5) is 90.5. The molecule has 0 saturated carbocycles. The van der Waals surface area contributed by atoms with Crippen LogP contribution in [-0.4, -0.2) is 194 Å². The molecule has 3 fully saturated rings. The van der Waals surface area contributed by atoms with Crippen molar-refractivity contribution < 1.29 is 91.9 Å². The Hall–Kier alpha value is -5.48. The van der Waals surface area contributed by atoms with E-state index in [0.717, 1.165) is 25.0 Å². The van der Waals surface area contributed by atoms with Gasteiger partial charge in [-0.05, 0) is 32.3 Å². The topological polar surface area (TPSA) is 348 Å². The number of ketones is 3. The van der Waals surface area contributed by atoms with Crippen molar-refractivity contribution in [3.8, 4) is 17.2 Å². The number of carbonyl (C=O) groups is 7. The number of Topliss-reactive ketones (excluding diaryl/α,β-unsaturated/α-hetero) is 1. The lowest BCUT2D eigenvalue weighted by molar-refractivity contribution is -0.247. The maximum atomic E-state index is 14.0. The Kier molecular flexibility index (Phi) is 21.4. The number of hydrogen-bond acceptors (Lipinski definition) is 21. The highest BCUT2D eigenvalue weighted by atomic mass is 32.2. The summed E-state index contributed by atoms with van der Waals surface area (Å²) in [6, 6.07) is 3.79. The van der Waals surface area contributed by atoms with Gasteiger partial charge in [-0.2, -0.15) is 11.8 Å². The van der Waals surface area contributed by atoms with Crippen LogP contribution in [0.1, 0.15) is 114 Å². The molecule has 0 spiro atoms. The molecule has 4 amide bonds. The zero-order valence-corrected chi connectivity index (χ0v) is 44.1. The Labute approximate surface area is 449 Å². The number of aliphatic hydroxyl groups excluding tert-OH is 1. The number of phenolic OH excluding ortho intramolecular Hbond substituents is 2. The second-order valence-corrected chi connectivity index (χ2v) is 20.8. The van der Waals surface area contributed by atoms with E-state index < -0.39 is 102 Å². The number of aliphatic hydroxyl groups is 2. The molecule has 10 N–H and O–H groups in total. The summed E-state index contributed by atoms with van der Waals surface area (Å²) in [7, 11) is 1.30. The van der Waals surface area contributed by atoms with Crippen molar-refractivity contribution >= 4 is 52.9 Å². The number of fused-ring (bicyclic) bond motifs is 4.